The largest absolute Gasteiger partial charge is 0.357 e. The highest BCUT2D eigenvalue weighted by Crippen LogP contribution is 2.04. The second-order valence-corrected chi connectivity index (χ2v) is 4.91. The molecule has 5 nitrogen and oxygen atoms in total. The Kier molecular flexibility index (Phi) is 5.82. The molecule has 1 aromatic heterocycles. The molecule has 0 atom stereocenters. The third-order valence-electron chi connectivity index (χ3n) is 3.11. The molecule has 2 aromatic rings. The molecule has 0 bridgehead atoms. The van der Waals surface area contributed by atoms with Gasteiger partial charge in [0.1, 0.15) is 0 Å². The fraction of sp³-hybridized carbons (Fsp3) is 0.375. The third-order valence-corrected chi connectivity index (χ3v) is 3.11. The Hall–Kier alpha value is -2.30. The zero-order chi connectivity index (χ0) is 14.9. The van der Waals surface area contributed by atoms with Gasteiger partial charge in [-0.15, -0.1) is 0 Å². The lowest BCUT2D eigenvalue weighted by molar-refractivity contribution is 0.662. The van der Waals surface area contributed by atoms with Gasteiger partial charge in [0.25, 0.3) is 0 Å². The van der Waals surface area contributed by atoms with Crippen molar-refractivity contribution in [2.75, 3.05) is 13.1 Å². The van der Waals surface area contributed by atoms with Crippen LogP contribution >= 0.6 is 0 Å². The molecule has 0 fully saturated rings. The minimum atomic E-state index is 0.681. The van der Waals surface area contributed by atoms with E-state index in [0.29, 0.717) is 6.54 Å². The fourth-order valence-electron chi connectivity index (χ4n) is 1.93. The zero-order valence-electron chi connectivity index (χ0n) is 12.7. The number of rotatable bonds is 6. The van der Waals surface area contributed by atoms with E-state index >= 15 is 0 Å². The number of aromatic nitrogens is 2. The first-order valence-corrected chi connectivity index (χ1v) is 7.31. The van der Waals surface area contributed by atoms with Crippen molar-refractivity contribution in [3.63, 3.8) is 0 Å². The van der Waals surface area contributed by atoms with E-state index in [0.717, 1.165) is 25.6 Å². The highest BCUT2D eigenvalue weighted by Gasteiger charge is 1.98. The summed E-state index contributed by atoms with van der Waals surface area (Å²) in [4.78, 5) is 8.63. The minimum absolute atomic E-state index is 0.681. The smallest absolute Gasteiger partial charge is 0.191 e. The number of aryl methyl sites for hydroxylation is 1. The number of hydrogen-bond donors (Lipinski definition) is 2. The van der Waals surface area contributed by atoms with Crippen molar-refractivity contribution in [3.05, 3.63) is 54.1 Å². The summed E-state index contributed by atoms with van der Waals surface area (Å²) in [5.74, 6) is 0.846. The van der Waals surface area contributed by atoms with Crippen LogP contribution in [0.1, 0.15) is 18.1 Å². The van der Waals surface area contributed by atoms with Crippen LogP contribution in [0.15, 0.2) is 48.0 Å². The van der Waals surface area contributed by atoms with Crippen LogP contribution < -0.4 is 10.6 Å². The van der Waals surface area contributed by atoms with Crippen molar-refractivity contribution < 1.29 is 0 Å². The van der Waals surface area contributed by atoms with Gasteiger partial charge in [0.15, 0.2) is 5.96 Å². The van der Waals surface area contributed by atoms with Crippen LogP contribution in [0.2, 0.25) is 0 Å². The molecule has 2 rings (SSSR count). The number of imidazole rings is 1. The maximum absolute atomic E-state index is 4.60. The van der Waals surface area contributed by atoms with Crippen LogP contribution in [-0.2, 0) is 13.1 Å². The molecule has 21 heavy (non-hydrogen) atoms. The molecule has 0 aliphatic rings. The fourth-order valence-corrected chi connectivity index (χ4v) is 1.93. The maximum atomic E-state index is 4.60. The van der Waals surface area contributed by atoms with Gasteiger partial charge >= 0.3 is 0 Å². The molecule has 0 amide bonds. The predicted molar refractivity (Wildman–Crippen MR) is 86.2 cm³/mol. The van der Waals surface area contributed by atoms with E-state index < -0.39 is 0 Å². The van der Waals surface area contributed by atoms with E-state index in [9.17, 15) is 0 Å². The average molecular weight is 285 g/mol. The van der Waals surface area contributed by atoms with Crippen LogP contribution in [-0.4, -0.2) is 28.6 Å². The molecule has 0 saturated heterocycles. The molecule has 0 saturated carbocycles. The molecular formula is C16H23N5. The Morgan fingerprint density at radius 3 is 2.71 bits per heavy atom. The van der Waals surface area contributed by atoms with Gasteiger partial charge in [-0.3, -0.25) is 0 Å². The molecule has 0 unspecified atom stereocenters. The third kappa shape index (κ3) is 5.30. The lowest BCUT2D eigenvalue weighted by atomic mass is 10.1. The summed E-state index contributed by atoms with van der Waals surface area (Å²) >= 11 is 0. The summed E-state index contributed by atoms with van der Waals surface area (Å²) in [5, 5.41) is 6.59. The highest BCUT2D eigenvalue weighted by atomic mass is 15.2. The summed E-state index contributed by atoms with van der Waals surface area (Å²) in [6, 6.07) is 8.47. The van der Waals surface area contributed by atoms with Crippen LogP contribution in [0.5, 0.6) is 0 Å². The van der Waals surface area contributed by atoms with E-state index in [1.54, 1.807) is 6.20 Å². The Morgan fingerprint density at radius 2 is 2.05 bits per heavy atom. The summed E-state index contributed by atoms with van der Waals surface area (Å²) < 4.78 is 2.04. The molecule has 2 N–H and O–H groups in total. The normalized spacial score (nSPS) is 11.4. The lowest BCUT2D eigenvalue weighted by Gasteiger charge is -2.11. The summed E-state index contributed by atoms with van der Waals surface area (Å²) in [6.45, 7) is 7.38. The van der Waals surface area contributed by atoms with E-state index in [1.165, 1.54) is 11.1 Å². The second kappa shape index (κ2) is 8.09. The Balaban J connectivity index is 1.84. The van der Waals surface area contributed by atoms with Crippen LogP contribution in [0, 0.1) is 6.92 Å². The van der Waals surface area contributed by atoms with Crippen LogP contribution in [0.3, 0.4) is 0 Å². The van der Waals surface area contributed by atoms with Crippen molar-refractivity contribution in [2.45, 2.75) is 26.9 Å². The van der Waals surface area contributed by atoms with Crippen molar-refractivity contribution in [1.82, 2.24) is 20.2 Å². The van der Waals surface area contributed by atoms with Gasteiger partial charge in [-0.1, -0.05) is 29.8 Å². The molecule has 1 aromatic carbocycles. The zero-order valence-corrected chi connectivity index (χ0v) is 12.7. The van der Waals surface area contributed by atoms with Crippen molar-refractivity contribution in [2.24, 2.45) is 4.99 Å². The Labute approximate surface area is 126 Å². The molecule has 5 heteroatoms. The average Bonchev–Trinajstić information content (AvgIpc) is 3.00. The first-order valence-electron chi connectivity index (χ1n) is 7.31. The predicted octanol–water partition coefficient (Wildman–Crippen LogP) is 1.95. The monoisotopic (exact) mass is 285 g/mol. The first kappa shape index (κ1) is 15.1. The van der Waals surface area contributed by atoms with E-state index in [4.69, 9.17) is 0 Å². The van der Waals surface area contributed by atoms with Crippen molar-refractivity contribution in [1.29, 1.82) is 0 Å². The van der Waals surface area contributed by atoms with E-state index in [-0.39, 0.29) is 0 Å². The van der Waals surface area contributed by atoms with Gasteiger partial charge in [0.05, 0.1) is 12.9 Å². The molecular weight excluding hydrogens is 262 g/mol. The highest BCUT2D eigenvalue weighted by molar-refractivity contribution is 5.79. The number of nitrogens with zero attached hydrogens (tertiary/aromatic N) is 3. The number of hydrogen-bond acceptors (Lipinski definition) is 2. The standard InChI is InChI=1S/C16H23N5/c1-3-18-16(19-9-11-21-10-8-17-13-21)20-12-15-6-4-14(2)5-7-15/h4-8,10,13H,3,9,11-12H2,1-2H3,(H2,18,19,20). The maximum Gasteiger partial charge on any atom is 0.191 e. The van der Waals surface area contributed by atoms with Crippen molar-refractivity contribution >= 4 is 5.96 Å². The Bertz CT molecular complexity index is 543. The molecule has 0 spiro atoms. The van der Waals surface area contributed by atoms with Crippen molar-refractivity contribution in [3.8, 4) is 0 Å². The van der Waals surface area contributed by atoms with Crippen LogP contribution in [0.25, 0.3) is 0 Å². The molecule has 0 aliphatic heterocycles. The Morgan fingerprint density at radius 1 is 1.24 bits per heavy atom. The van der Waals surface area contributed by atoms with Gasteiger partial charge in [-0.2, -0.15) is 0 Å². The van der Waals surface area contributed by atoms with Gasteiger partial charge in [0, 0.05) is 32.0 Å². The molecule has 0 radical (unpaired) electrons. The number of nitrogens with one attached hydrogen (secondary N) is 2. The second-order valence-electron chi connectivity index (χ2n) is 4.91. The quantitative estimate of drug-likeness (QED) is 0.630. The summed E-state index contributed by atoms with van der Waals surface area (Å²) in [6.07, 6.45) is 5.56. The SMILES string of the molecule is CCNC(=NCc1ccc(C)cc1)NCCn1ccnc1. The minimum Gasteiger partial charge on any atom is -0.357 e. The number of aliphatic imine (C=N–C) groups is 1. The lowest BCUT2D eigenvalue weighted by Crippen LogP contribution is -2.38. The van der Waals surface area contributed by atoms with Gasteiger partial charge in [-0.25, -0.2) is 9.98 Å². The topological polar surface area (TPSA) is 54.2 Å². The molecule has 112 valence electrons. The van der Waals surface area contributed by atoms with E-state index in [2.05, 4.69) is 58.7 Å². The molecule has 1 heterocycles. The van der Waals surface area contributed by atoms with E-state index in [1.807, 2.05) is 17.1 Å². The van der Waals surface area contributed by atoms with Gasteiger partial charge in [-0.05, 0) is 19.4 Å². The number of benzene rings is 1. The van der Waals surface area contributed by atoms with Crippen LogP contribution in [0.4, 0.5) is 0 Å². The summed E-state index contributed by atoms with van der Waals surface area (Å²) in [7, 11) is 0. The summed E-state index contributed by atoms with van der Waals surface area (Å²) in [5.41, 5.74) is 2.49. The molecule has 0 aliphatic carbocycles. The van der Waals surface area contributed by atoms with Gasteiger partial charge < -0.3 is 15.2 Å². The number of guanidine groups is 1. The van der Waals surface area contributed by atoms with Gasteiger partial charge in [0.2, 0.25) is 0 Å². The first-order chi connectivity index (χ1) is 10.3.